The number of esters is 1. The number of rotatable bonds is 14. The second-order valence-corrected chi connectivity index (χ2v) is 11.2. The molecule has 15 nitrogen and oxygen atoms in total. The van der Waals surface area contributed by atoms with Gasteiger partial charge in [0.05, 0.1) is 51.8 Å². The normalized spacial score (nSPS) is 11.0. The molecule has 0 aliphatic heterocycles. The van der Waals surface area contributed by atoms with Crippen molar-refractivity contribution in [1.29, 1.82) is 0 Å². The summed E-state index contributed by atoms with van der Waals surface area (Å²) < 4.78 is 62.2. The van der Waals surface area contributed by atoms with Gasteiger partial charge < -0.3 is 42.2 Å². The highest BCUT2D eigenvalue weighted by molar-refractivity contribution is 7.52. The number of nitrogens with zero attached hydrogens (tertiary/aromatic N) is 4. The molecule has 0 N–H and O–H groups in total. The van der Waals surface area contributed by atoms with Gasteiger partial charge in [0.15, 0.2) is 5.75 Å². The quantitative estimate of drug-likeness (QED) is 0.0908. The summed E-state index contributed by atoms with van der Waals surface area (Å²) in [5.74, 6) is -0.950. The first-order valence-corrected chi connectivity index (χ1v) is 14.9. The zero-order valence-electron chi connectivity index (χ0n) is 24.9. The number of hydrogen-bond acceptors (Lipinski definition) is 15. The second-order valence-electron chi connectivity index (χ2n) is 8.56. The van der Waals surface area contributed by atoms with Crippen molar-refractivity contribution in [2.75, 3.05) is 42.7 Å². The molecule has 45 heavy (non-hydrogen) atoms. The summed E-state index contributed by atoms with van der Waals surface area (Å²) in [5.41, 5.74) is -0.156. The van der Waals surface area contributed by atoms with Crippen LogP contribution >= 0.6 is 19.2 Å². The number of hydrogen-bond donors (Lipinski definition) is 0. The minimum Gasteiger partial charge on any atom is -0.481 e. The fourth-order valence-corrected chi connectivity index (χ4v) is 4.93. The molecule has 0 bridgehead atoms. The zero-order chi connectivity index (χ0) is 32.6. The van der Waals surface area contributed by atoms with Gasteiger partial charge in [0.1, 0.15) is 17.1 Å². The largest absolute Gasteiger partial charge is 0.481 e. The molecule has 4 rings (SSSR count). The van der Waals surface area contributed by atoms with E-state index < -0.39 is 13.6 Å². The summed E-state index contributed by atoms with van der Waals surface area (Å²) in [6, 6.07) is 11.5. The number of ether oxygens (including phenoxy) is 7. The number of para-hydroxylation sites is 1. The van der Waals surface area contributed by atoms with Crippen LogP contribution in [0.2, 0.25) is 5.02 Å². The molecule has 17 heteroatoms. The first kappa shape index (κ1) is 33.2. The van der Waals surface area contributed by atoms with Gasteiger partial charge in [0.2, 0.25) is 23.5 Å². The lowest BCUT2D eigenvalue weighted by Gasteiger charge is -2.20. The van der Waals surface area contributed by atoms with E-state index >= 15 is 0 Å². The highest BCUT2D eigenvalue weighted by Gasteiger charge is 2.32. The molecule has 0 fully saturated rings. The molecule has 238 valence electrons. The van der Waals surface area contributed by atoms with Crippen molar-refractivity contribution in [3.05, 3.63) is 64.7 Å². The molecule has 0 radical (unpaired) electrons. The van der Waals surface area contributed by atoms with E-state index in [-0.39, 0.29) is 75.1 Å². The summed E-state index contributed by atoms with van der Waals surface area (Å²) in [4.78, 5) is 30.7. The maximum absolute atomic E-state index is 14.0. The Kier molecular flexibility index (Phi) is 11.0. The van der Waals surface area contributed by atoms with Crippen LogP contribution in [0, 0.1) is 0 Å². The lowest BCUT2D eigenvalue weighted by atomic mass is 10.1. The minimum atomic E-state index is -3.73. The minimum absolute atomic E-state index is 0.0320. The van der Waals surface area contributed by atoms with Crippen molar-refractivity contribution < 1.29 is 51.6 Å². The van der Waals surface area contributed by atoms with Crippen LogP contribution in [0.4, 0.5) is 0 Å². The Morgan fingerprint density at radius 1 is 0.711 bits per heavy atom. The van der Waals surface area contributed by atoms with Crippen LogP contribution in [0.5, 0.6) is 52.8 Å². The highest BCUT2D eigenvalue weighted by atomic mass is 35.5. The van der Waals surface area contributed by atoms with Crippen LogP contribution in [0.3, 0.4) is 0 Å². The summed E-state index contributed by atoms with van der Waals surface area (Å²) in [6.07, 6.45) is -0.355. The Bertz CT molecular complexity index is 1670. The Morgan fingerprint density at radius 2 is 1.22 bits per heavy atom. The van der Waals surface area contributed by atoms with Gasteiger partial charge in [-0.2, -0.15) is 19.9 Å². The molecule has 4 aromatic rings. The van der Waals surface area contributed by atoms with Gasteiger partial charge in [-0.25, -0.2) is 4.79 Å². The van der Waals surface area contributed by atoms with Crippen molar-refractivity contribution in [1.82, 2.24) is 19.9 Å². The Labute approximate surface area is 262 Å². The standard InChI is InChI=1S/C28H28ClN4O11P/c1-36-20-13-21(37-2)31-27(30-20)43-19-12-11-16(15-45(35,40-5)41-6)25(44-28-32-22(38-3)14-23(33-28)39-4)24(19)26(34)42-18-10-8-7-9-17(18)29/h7-14H,15H2,1-6H3. The molecule has 0 unspecified atom stereocenters. The fourth-order valence-electron chi connectivity index (χ4n) is 3.68. The first-order chi connectivity index (χ1) is 21.6. The van der Waals surface area contributed by atoms with E-state index in [0.29, 0.717) is 0 Å². The smallest absolute Gasteiger partial charge is 0.351 e. The number of carbonyl (C=O) groups excluding carboxylic acids is 1. The van der Waals surface area contributed by atoms with Crippen LogP contribution in [-0.4, -0.2) is 68.6 Å². The van der Waals surface area contributed by atoms with E-state index in [1.54, 1.807) is 12.1 Å². The van der Waals surface area contributed by atoms with Crippen LogP contribution in [0.1, 0.15) is 15.9 Å². The predicted octanol–water partition coefficient (Wildman–Crippen LogP) is 5.74. The molecule has 2 aromatic carbocycles. The third kappa shape index (κ3) is 8.08. The maximum Gasteiger partial charge on any atom is 0.351 e. The van der Waals surface area contributed by atoms with Gasteiger partial charge >= 0.3 is 25.6 Å². The fraction of sp³-hybridized carbons (Fsp3) is 0.250. The number of halogens is 1. The van der Waals surface area contributed by atoms with Gasteiger partial charge in [-0.1, -0.05) is 29.8 Å². The van der Waals surface area contributed by atoms with Crippen molar-refractivity contribution >= 4 is 25.2 Å². The number of benzene rings is 2. The van der Waals surface area contributed by atoms with Crippen molar-refractivity contribution in [3.63, 3.8) is 0 Å². The van der Waals surface area contributed by atoms with E-state index in [1.165, 1.54) is 79.1 Å². The summed E-state index contributed by atoms with van der Waals surface area (Å²) in [6.45, 7) is 0. The van der Waals surface area contributed by atoms with E-state index in [1.807, 2.05) is 0 Å². The van der Waals surface area contributed by atoms with Crippen LogP contribution in [-0.2, 0) is 19.8 Å². The van der Waals surface area contributed by atoms with Gasteiger partial charge in [0.25, 0.3) is 0 Å². The average molecular weight is 663 g/mol. The van der Waals surface area contributed by atoms with E-state index in [9.17, 15) is 9.36 Å². The number of aromatic nitrogens is 4. The lowest BCUT2D eigenvalue weighted by Crippen LogP contribution is -2.14. The molecule has 0 aliphatic carbocycles. The van der Waals surface area contributed by atoms with Gasteiger partial charge in [-0.05, 0) is 18.2 Å². The van der Waals surface area contributed by atoms with E-state index in [4.69, 9.17) is 53.8 Å². The second kappa shape index (κ2) is 14.9. The summed E-state index contributed by atoms with van der Waals surface area (Å²) in [5, 5.41) is 0.150. The van der Waals surface area contributed by atoms with Gasteiger partial charge in [-0.3, -0.25) is 4.57 Å². The van der Waals surface area contributed by atoms with Crippen molar-refractivity contribution in [2.45, 2.75) is 6.16 Å². The number of methoxy groups -OCH3 is 4. The predicted molar refractivity (Wildman–Crippen MR) is 159 cm³/mol. The average Bonchev–Trinajstić information content (AvgIpc) is 3.06. The molecular formula is C28H28ClN4O11P. The monoisotopic (exact) mass is 662 g/mol. The Morgan fingerprint density at radius 3 is 1.71 bits per heavy atom. The third-order valence-corrected chi connectivity index (χ3v) is 8.07. The Balaban J connectivity index is 1.96. The molecular weight excluding hydrogens is 635 g/mol. The molecule has 2 heterocycles. The van der Waals surface area contributed by atoms with Crippen LogP contribution < -0.4 is 33.2 Å². The summed E-state index contributed by atoms with van der Waals surface area (Å²) in [7, 11) is 4.26. The Hall–Kier alpha value is -4.69. The van der Waals surface area contributed by atoms with Crippen molar-refractivity contribution in [3.8, 4) is 52.8 Å². The molecule has 0 aliphatic rings. The molecule has 0 amide bonds. The van der Waals surface area contributed by atoms with E-state index in [2.05, 4.69) is 19.9 Å². The topological polar surface area (TPSA) is 169 Å². The SMILES string of the molecule is COc1cc(OC)nc(Oc2ccc(CP(=O)(OC)OC)c(Oc3nc(OC)cc(OC)n3)c2C(=O)Oc2ccccc2Cl)n1. The molecule has 0 saturated heterocycles. The molecule has 0 saturated carbocycles. The van der Waals surface area contributed by atoms with Gasteiger partial charge in [0, 0.05) is 19.8 Å². The summed E-state index contributed by atoms with van der Waals surface area (Å²) >= 11 is 6.28. The van der Waals surface area contributed by atoms with Crippen LogP contribution in [0.15, 0.2) is 48.5 Å². The highest BCUT2D eigenvalue weighted by Crippen LogP contribution is 2.52. The third-order valence-electron chi connectivity index (χ3n) is 5.91. The first-order valence-electron chi connectivity index (χ1n) is 12.8. The molecule has 0 spiro atoms. The maximum atomic E-state index is 14.0. The van der Waals surface area contributed by atoms with Crippen molar-refractivity contribution in [2.24, 2.45) is 0 Å². The molecule has 2 aromatic heterocycles. The van der Waals surface area contributed by atoms with Crippen LogP contribution in [0.25, 0.3) is 0 Å². The zero-order valence-corrected chi connectivity index (χ0v) is 26.6. The van der Waals surface area contributed by atoms with E-state index in [0.717, 1.165) is 0 Å². The number of carbonyl (C=O) groups is 1. The van der Waals surface area contributed by atoms with Gasteiger partial charge in [-0.15, -0.1) is 0 Å². The lowest BCUT2D eigenvalue weighted by molar-refractivity contribution is 0.0728. The molecule has 0 atom stereocenters.